The van der Waals surface area contributed by atoms with Gasteiger partial charge in [-0.05, 0) is 56.8 Å². The molecule has 0 aromatic heterocycles. The molecular formula is C13H17F2N. The highest BCUT2D eigenvalue weighted by molar-refractivity contribution is 5.26. The molecule has 1 N–H and O–H groups in total. The number of nitrogens with one attached hydrogen (secondary N) is 1. The van der Waals surface area contributed by atoms with Crippen molar-refractivity contribution < 1.29 is 8.78 Å². The Morgan fingerprint density at radius 1 is 1.25 bits per heavy atom. The minimum atomic E-state index is -0.452. The minimum Gasteiger partial charge on any atom is -0.317 e. The molecule has 0 amide bonds. The van der Waals surface area contributed by atoms with Gasteiger partial charge in [0, 0.05) is 5.56 Å². The molecule has 0 unspecified atom stereocenters. The minimum absolute atomic E-state index is 0.145. The quantitative estimate of drug-likeness (QED) is 0.816. The van der Waals surface area contributed by atoms with E-state index in [1.54, 1.807) is 6.07 Å². The van der Waals surface area contributed by atoms with E-state index in [0.29, 0.717) is 11.5 Å². The normalized spacial score (nSPS) is 17.7. The van der Waals surface area contributed by atoms with E-state index in [1.165, 1.54) is 13.0 Å². The molecule has 1 aromatic rings. The fourth-order valence-corrected chi connectivity index (χ4v) is 2.27. The van der Waals surface area contributed by atoms with Gasteiger partial charge in [0.25, 0.3) is 0 Å². The average molecular weight is 225 g/mol. The molecule has 1 saturated heterocycles. The molecule has 88 valence electrons. The van der Waals surface area contributed by atoms with Crippen LogP contribution < -0.4 is 5.32 Å². The summed E-state index contributed by atoms with van der Waals surface area (Å²) in [4.78, 5) is 0. The summed E-state index contributed by atoms with van der Waals surface area (Å²) in [5.41, 5.74) is 0.803. The molecule has 1 aliphatic heterocycles. The molecule has 1 heterocycles. The maximum absolute atomic E-state index is 13.8. The Kier molecular flexibility index (Phi) is 3.54. The van der Waals surface area contributed by atoms with Crippen molar-refractivity contribution >= 4 is 0 Å². The van der Waals surface area contributed by atoms with Crippen LogP contribution in [0.15, 0.2) is 12.1 Å². The van der Waals surface area contributed by atoms with Crippen molar-refractivity contribution in [2.75, 3.05) is 13.1 Å². The molecule has 16 heavy (non-hydrogen) atoms. The first kappa shape index (κ1) is 11.5. The van der Waals surface area contributed by atoms with Crippen molar-refractivity contribution in [1.29, 1.82) is 0 Å². The maximum atomic E-state index is 13.8. The fourth-order valence-electron chi connectivity index (χ4n) is 2.27. The molecule has 2 rings (SSSR count). The summed E-state index contributed by atoms with van der Waals surface area (Å²) in [7, 11) is 0. The first-order chi connectivity index (χ1) is 7.68. The molecule has 3 heteroatoms. The van der Waals surface area contributed by atoms with Crippen LogP contribution in [0.3, 0.4) is 0 Å². The lowest BCUT2D eigenvalue weighted by atomic mass is 9.90. The molecule has 0 radical (unpaired) electrons. The lowest BCUT2D eigenvalue weighted by Crippen LogP contribution is -2.28. The molecule has 0 bridgehead atoms. The van der Waals surface area contributed by atoms with Crippen molar-refractivity contribution in [3.63, 3.8) is 0 Å². The summed E-state index contributed by atoms with van der Waals surface area (Å²) in [5.74, 6) is -0.286. The first-order valence-electron chi connectivity index (χ1n) is 5.82. The fraction of sp³-hybridized carbons (Fsp3) is 0.538. The Bertz CT molecular complexity index is 370. The van der Waals surface area contributed by atoms with E-state index < -0.39 is 5.82 Å². The van der Waals surface area contributed by atoms with Crippen LogP contribution in [0, 0.1) is 24.5 Å². The molecule has 0 atom stereocenters. The number of piperidine rings is 1. The highest BCUT2D eigenvalue weighted by Crippen LogP contribution is 2.22. The predicted molar refractivity (Wildman–Crippen MR) is 60.4 cm³/mol. The highest BCUT2D eigenvalue weighted by Gasteiger charge is 2.17. The van der Waals surface area contributed by atoms with Gasteiger partial charge in [-0.25, -0.2) is 8.78 Å². The third kappa shape index (κ3) is 2.40. The molecule has 0 aliphatic carbocycles. The molecular weight excluding hydrogens is 208 g/mol. The first-order valence-corrected chi connectivity index (χ1v) is 5.82. The zero-order valence-corrected chi connectivity index (χ0v) is 9.52. The number of halogens is 2. The zero-order valence-electron chi connectivity index (χ0n) is 9.52. The monoisotopic (exact) mass is 225 g/mol. The topological polar surface area (TPSA) is 12.0 Å². The SMILES string of the molecule is Cc1c(F)ccc(CC2CCNCC2)c1F. The van der Waals surface area contributed by atoms with Crippen LogP contribution in [-0.2, 0) is 6.42 Å². The predicted octanol–water partition coefficient (Wildman–Crippen LogP) is 2.82. The lowest BCUT2D eigenvalue weighted by Gasteiger charge is -2.23. The summed E-state index contributed by atoms with van der Waals surface area (Å²) in [6.45, 7) is 3.51. The third-order valence-corrected chi connectivity index (χ3v) is 3.37. The van der Waals surface area contributed by atoms with Gasteiger partial charge in [0.15, 0.2) is 0 Å². The lowest BCUT2D eigenvalue weighted by molar-refractivity contribution is 0.368. The van der Waals surface area contributed by atoms with Gasteiger partial charge in [0.1, 0.15) is 11.6 Å². The van der Waals surface area contributed by atoms with Gasteiger partial charge in [-0.15, -0.1) is 0 Å². The molecule has 1 fully saturated rings. The number of hydrogen-bond donors (Lipinski definition) is 1. The zero-order chi connectivity index (χ0) is 11.5. The Morgan fingerprint density at radius 2 is 1.94 bits per heavy atom. The van der Waals surface area contributed by atoms with E-state index in [2.05, 4.69) is 5.32 Å². The van der Waals surface area contributed by atoms with E-state index in [-0.39, 0.29) is 11.4 Å². The van der Waals surface area contributed by atoms with Crippen LogP contribution in [0.4, 0.5) is 8.78 Å². The maximum Gasteiger partial charge on any atom is 0.132 e. The van der Waals surface area contributed by atoms with Crippen molar-refractivity contribution in [3.8, 4) is 0 Å². The van der Waals surface area contributed by atoms with Gasteiger partial charge < -0.3 is 5.32 Å². The largest absolute Gasteiger partial charge is 0.317 e. The Morgan fingerprint density at radius 3 is 2.62 bits per heavy atom. The van der Waals surface area contributed by atoms with Gasteiger partial charge >= 0.3 is 0 Å². The van der Waals surface area contributed by atoms with Crippen LogP contribution in [0.2, 0.25) is 0 Å². The van der Waals surface area contributed by atoms with Crippen LogP contribution in [0.5, 0.6) is 0 Å². The van der Waals surface area contributed by atoms with Crippen LogP contribution >= 0.6 is 0 Å². The van der Waals surface area contributed by atoms with Gasteiger partial charge in [-0.1, -0.05) is 6.07 Å². The number of rotatable bonds is 2. The van der Waals surface area contributed by atoms with Crippen molar-refractivity contribution in [2.45, 2.75) is 26.2 Å². The summed E-state index contributed by atoms with van der Waals surface area (Å²) >= 11 is 0. The molecule has 1 nitrogen and oxygen atoms in total. The smallest absolute Gasteiger partial charge is 0.132 e. The van der Waals surface area contributed by atoms with Crippen LogP contribution in [-0.4, -0.2) is 13.1 Å². The highest BCUT2D eigenvalue weighted by atomic mass is 19.1. The van der Waals surface area contributed by atoms with Crippen molar-refractivity contribution in [1.82, 2.24) is 5.32 Å². The second-order valence-corrected chi connectivity index (χ2v) is 4.54. The van der Waals surface area contributed by atoms with Crippen LogP contribution in [0.25, 0.3) is 0 Å². The van der Waals surface area contributed by atoms with E-state index in [4.69, 9.17) is 0 Å². The van der Waals surface area contributed by atoms with E-state index in [0.717, 1.165) is 32.4 Å². The van der Waals surface area contributed by atoms with Gasteiger partial charge in [0.05, 0.1) is 0 Å². The van der Waals surface area contributed by atoms with Gasteiger partial charge in [-0.3, -0.25) is 0 Å². The molecule has 0 spiro atoms. The van der Waals surface area contributed by atoms with Crippen LogP contribution in [0.1, 0.15) is 24.0 Å². The summed E-state index contributed by atoms with van der Waals surface area (Å²) in [6.07, 6.45) is 2.89. The van der Waals surface area contributed by atoms with E-state index in [9.17, 15) is 8.78 Å². The van der Waals surface area contributed by atoms with E-state index >= 15 is 0 Å². The van der Waals surface area contributed by atoms with Crippen molar-refractivity contribution in [2.24, 2.45) is 5.92 Å². The van der Waals surface area contributed by atoms with Gasteiger partial charge in [0.2, 0.25) is 0 Å². The van der Waals surface area contributed by atoms with Crippen molar-refractivity contribution in [3.05, 3.63) is 34.9 Å². The Labute approximate surface area is 94.9 Å². The molecule has 0 saturated carbocycles. The number of benzene rings is 1. The average Bonchev–Trinajstić information content (AvgIpc) is 2.31. The molecule has 1 aromatic carbocycles. The summed E-state index contributed by atoms with van der Waals surface area (Å²) in [6, 6.07) is 2.95. The second kappa shape index (κ2) is 4.91. The Balaban J connectivity index is 2.11. The summed E-state index contributed by atoms with van der Waals surface area (Å²) in [5, 5.41) is 3.28. The van der Waals surface area contributed by atoms with E-state index in [1.807, 2.05) is 0 Å². The molecule has 1 aliphatic rings. The standard InChI is InChI=1S/C13H17F2N/c1-9-12(14)3-2-11(13(9)15)8-10-4-6-16-7-5-10/h2-3,10,16H,4-8H2,1H3. The van der Waals surface area contributed by atoms with Gasteiger partial charge in [-0.2, -0.15) is 0 Å². The second-order valence-electron chi connectivity index (χ2n) is 4.54. The summed E-state index contributed by atoms with van der Waals surface area (Å²) < 4.78 is 26.8. The Hall–Kier alpha value is -0.960. The number of hydrogen-bond acceptors (Lipinski definition) is 1. The third-order valence-electron chi connectivity index (χ3n) is 3.37.